The Balaban J connectivity index is 1.87. The van der Waals surface area contributed by atoms with Gasteiger partial charge in [0, 0.05) is 30.6 Å². The SMILES string of the molecule is CN1CC(c2cccc(-c3cc(C(=O)O)on3)c2)C1. The lowest BCUT2D eigenvalue weighted by molar-refractivity contribution is 0.0652. The van der Waals surface area contributed by atoms with Gasteiger partial charge in [0.05, 0.1) is 0 Å². The van der Waals surface area contributed by atoms with Crippen LogP contribution in [0.1, 0.15) is 22.0 Å². The highest BCUT2D eigenvalue weighted by Crippen LogP contribution is 2.29. The van der Waals surface area contributed by atoms with E-state index in [1.165, 1.54) is 11.6 Å². The Hall–Kier alpha value is -2.14. The quantitative estimate of drug-likeness (QED) is 0.912. The normalized spacial score (nSPS) is 16.3. The predicted molar refractivity (Wildman–Crippen MR) is 69.1 cm³/mol. The van der Waals surface area contributed by atoms with Crippen molar-refractivity contribution in [2.75, 3.05) is 20.1 Å². The van der Waals surface area contributed by atoms with Gasteiger partial charge < -0.3 is 14.5 Å². The fraction of sp³-hybridized carbons (Fsp3) is 0.286. The molecule has 19 heavy (non-hydrogen) atoms. The fourth-order valence-electron chi connectivity index (χ4n) is 2.37. The third kappa shape index (κ3) is 2.24. The molecule has 0 aliphatic carbocycles. The van der Waals surface area contributed by atoms with Crippen LogP contribution in [-0.2, 0) is 0 Å². The van der Waals surface area contributed by atoms with Crippen molar-refractivity contribution in [1.29, 1.82) is 0 Å². The van der Waals surface area contributed by atoms with Crippen LogP contribution in [0.4, 0.5) is 0 Å². The number of carboxylic acid groups (broad SMARTS) is 1. The summed E-state index contributed by atoms with van der Waals surface area (Å²) < 4.78 is 4.78. The first-order chi connectivity index (χ1) is 9.13. The van der Waals surface area contributed by atoms with E-state index in [1.54, 1.807) is 0 Å². The summed E-state index contributed by atoms with van der Waals surface area (Å²) in [5.41, 5.74) is 2.71. The highest BCUT2D eigenvalue weighted by atomic mass is 16.5. The summed E-state index contributed by atoms with van der Waals surface area (Å²) in [6.45, 7) is 2.12. The van der Waals surface area contributed by atoms with Crippen molar-refractivity contribution in [3.8, 4) is 11.3 Å². The van der Waals surface area contributed by atoms with Crippen molar-refractivity contribution in [2.24, 2.45) is 0 Å². The number of rotatable bonds is 3. The van der Waals surface area contributed by atoms with Crippen LogP contribution in [-0.4, -0.2) is 41.3 Å². The van der Waals surface area contributed by atoms with E-state index in [0.29, 0.717) is 11.6 Å². The first-order valence-electron chi connectivity index (χ1n) is 6.12. The maximum Gasteiger partial charge on any atom is 0.374 e. The molecule has 0 unspecified atom stereocenters. The van der Waals surface area contributed by atoms with E-state index in [4.69, 9.17) is 9.63 Å². The number of aromatic carboxylic acids is 1. The number of likely N-dealkylation sites (N-methyl/N-ethyl adjacent to an activating group) is 1. The van der Waals surface area contributed by atoms with Crippen molar-refractivity contribution < 1.29 is 14.4 Å². The maximum absolute atomic E-state index is 10.8. The Morgan fingerprint density at radius 2 is 2.21 bits per heavy atom. The summed E-state index contributed by atoms with van der Waals surface area (Å²) in [7, 11) is 2.09. The standard InChI is InChI=1S/C14H14N2O3/c1-16-7-11(8-16)9-3-2-4-10(5-9)12-6-13(14(17)18)19-15-12/h2-6,11H,7-8H2,1H3,(H,17,18). The third-order valence-electron chi connectivity index (χ3n) is 3.44. The zero-order valence-electron chi connectivity index (χ0n) is 10.5. The molecule has 1 aliphatic rings. The molecule has 5 heteroatoms. The van der Waals surface area contributed by atoms with Gasteiger partial charge in [-0.2, -0.15) is 0 Å². The van der Waals surface area contributed by atoms with E-state index in [1.807, 2.05) is 12.1 Å². The molecule has 1 aromatic carbocycles. The Labute approximate surface area is 110 Å². The molecule has 1 aromatic heterocycles. The van der Waals surface area contributed by atoms with Crippen LogP contribution in [0.25, 0.3) is 11.3 Å². The number of aromatic nitrogens is 1. The second-order valence-electron chi connectivity index (χ2n) is 4.93. The minimum Gasteiger partial charge on any atom is -0.475 e. The Bertz CT molecular complexity index is 615. The van der Waals surface area contributed by atoms with Crippen molar-refractivity contribution in [3.05, 3.63) is 41.7 Å². The number of likely N-dealkylation sites (tertiary alicyclic amines) is 1. The van der Waals surface area contributed by atoms with Crippen LogP contribution in [0.15, 0.2) is 34.9 Å². The van der Waals surface area contributed by atoms with Gasteiger partial charge in [-0.25, -0.2) is 4.79 Å². The van der Waals surface area contributed by atoms with Gasteiger partial charge in [0.25, 0.3) is 0 Å². The Kier molecular flexibility index (Phi) is 2.83. The lowest BCUT2D eigenvalue weighted by atomic mass is 9.90. The van der Waals surface area contributed by atoms with E-state index in [9.17, 15) is 4.79 Å². The minimum atomic E-state index is -1.10. The van der Waals surface area contributed by atoms with E-state index in [2.05, 4.69) is 29.2 Å². The van der Waals surface area contributed by atoms with E-state index in [-0.39, 0.29) is 5.76 Å². The van der Waals surface area contributed by atoms with Gasteiger partial charge in [-0.1, -0.05) is 23.4 Å². The second-order valence-corrected chi connectivity index (χ2v) is 4.93. The summed E-state index contributed by atoms with van der Waals surface area (Å²) in [4.78, 5) is 13.0. The second kappa shape index (κ2) is 4.51. The molecular weight excluding hydrogens is 244 g/mol. The van der Waals surface area contributed by atoms with Crippen LogP contribution >= 0.6 is 0 Å². The number of carboxylic acids is 1. The maximum atomic E-state index is 10.8. The number of benzene rings is 1. The first kappa shape index (κ1) is 11.9. The van der Waals surface area contributed by atoms with Crippen molar-refractivity contribution in [3.63, 3.8) is 0 Å². The van der Waals surface area contributed by atoms with Crippen LogP contribution in [0, 0.1) is 0 Å². The van der Waals surface area contributed by atoms with Crippen molar-refractivity contribution >= 4 is 5.97 Å². The van der Waals surface area contributed by atoms with E-state index < -0.39 is 5.97 Å². The van der Waals surface area contributed by atoms with E-state index >= 15 is 0 Å². The fourth-order valence-corrected chi connectivity index (χ4v) is 2.37. The average molecular weight is 258 g/mol. The minimum absolute atomic E-state index is 0.135. The van der Waals surface area contributed by atoms with Gasteiger partial charge in [-0.15, -0.1) is 0 Å². The van der Waals surface area contributed by atoms with Crippen molar-refractivity contribution in [1.82, 2.24) is 10.1 Å². The van der Waals surface area contributed by atoms with Crippen LogP contribution in [0.5, 0.6) is 0 Å². The van der Waals surface area contributed by atoms with Crippen molar-refractivity contribution in [2.45, 2.75) is 5.92 Å². The zero-order chi connectivity index (χ0) is 13.4. The molecule has 1 aliphatic heterocycles. The van der Waals surface area contributed by atoms with E-state index in [0.717, 1.165) is 18.7 Å². The van der Waals surface area contributed by atoms with Gasteiger partial charge in [0.15, 0.2) is 0 Å². The highest BCUT2D eigenvalue weighted by molar-refractivity contribution is 5.85. The van der Waals surface area contributed by atoms with Gasteiger partial charge in [-0.05, 0) is 18.7 Å². The van der Waals surface area contributed by atoms with Gasteiger partial charge in [-0.3, -0.25) is 0 Å². The zero-order valence-corrected chi connectivity index (χ0v) is 10.5. The topological polar surface area (TPSA) is 66.6 Å². The predicted octanol–water partition coefficient (Wildman–Crippen LogP) is 2.07. The molecule has 0 atom stereocenters. The molecule has 5 nitrogen and oxygen atoms in total. The Morgan fingerprint density at radius 3 is 2.84 bits per heavy atom. The summed E-state index contributed by atoms with van der Waals surface area (Å²) in [5.74, 6) is -0.685. The number of hydrogen-bond donors (Lipinski definition) is 1. The van der Waals surface area contributed by atoms with Crippen LogP contribution < -0.4 is 0 Å². The van der Waals surface area contributed by atoms with Gasteiger partial charge in [0.1, 0.15) is 5.69 Å². The summed E-state index contributed by atoms with van der Waals surface area (Å²) in [6.07, 6.45) is 0. The molecule has 0 bridgehead atoms. The summed E-state index contributed by atoms with van der Waals surface area (Å²) >= 11 is 0. The number of hydrogen-bond acceptors (Lipinski definition) is 4. The average Bonchev–Trinajstić information content (AvgIpc) is 2.85. The van der Waals surface area contributed by atoms with Crippen LogP contribution in [0.2, 0.25) is 0 Å². The number of carbonyl (C=O) groups is 1. The Morgan fingerprint density at radius 1 is 1.42 bits per heavy atom. The van der Waals surface area contributed by atoms with Crippen LogP contribution in [0.3, 0.4) is 0 Å². The molecule has 0 saturated carbocycles. The molecule has 1 fully saturated rings. The molecule has 3 rings (SSSR count). The highest BCUT2D eigenvalue weighted by Gasteiger charge is 2.25. The van der Waals surface area contributed by atoms with Gasteiger partial charge >= 0.3 is 5.97 Å². The molecule has 0 amide bonds. The smallest absolute Gasteiger partial charge is 0.374 e. The lowest BCUT2D eigenvalue weighted by Crippen LogP contribution is -2.41. The molecule has 0 spiro atoms. The monoisotopic (exact) mass is 258 g/mol. The third-order valence-corrected chi connectivity index (χ3v) is 3.44. The molecule has 1 N–H and O–H groups in total. The molecule has 0 radical (unpaired) electrons. The summed E-state index contributed by atoms with van der Waals surface area (Å²) in [5, 5.41) is 12.6. The molecule has 2 aromatic rings. The lowest BCUT2D eigenvalue weighted by Gasteiger charge is -2.36. The molecule has 1 saturated heterocycles. The first-order valence-corrected chi connectivity index (χ1v) is 6.12. The summed E-state index contributed by atoms with van der Waals surface area (Å²) in [6, 6.07) is 9.49. The van der Waals surface area contributed by atoms with Gasteiger partial charge in [0.2, 0.25) is 5.76 Å². The molecule has 2 heterocycles. The molecule has 98 valence electrons. The number of nitrogens with zero attached hydrogens (tertiary/aromatic N) is 2. The molecular formula is C14H14N2O3. The largest absolute Gasteiger partial charge is 0.475 e.